The fraction of sp³-hybridized carbons (Fsp3) is 0.320. The van der Waals surface area contributed by atoms with Gasteiger partial charge in [0.1, 0.15) is 17.5 Å². The standard InChI is InChI=1S/C25H21ClF2N4O2S/c1-2-20(33)31-11-15-5-4-14(31)12-32(15)24-17-10-18(26)21(16-6-3-13(27)9-19(16)28)23-22(17)30(7-8-35-23)25(34)29-24/h2-3,6,9-10,14-15H,1,4-5,7-8,11-12H2. The number of halogens is 3. The highest BCUT2D eigenvalue weighted by atomic mass is 35.5. The summed E-state index contributed by atoms with van der Waals surface area (Å²) in [6, 6.07) is 5.17. The van der Waals surface area contributed by atoms with Gasteiger partial charge in [0.15, 0.2) is 0 Å². The van der Waals surface area contributed by atoms with Crippen LogP contribution in [-0.4, -0.2) is 51.3 Å². The Labute approximate surface area is 209 Å². The van der Waals surface area contributed by atoms with Crippen molar-refractivity contribution in [1.29, 1.82) is 0 Å². The number of anilines is 1. The van der Waals surface area contributed by atoms with Gasteiger partial charge in [0.05, 0.1) is 10.5 Å². The minimum absolute atomic E-state index is 0.00888. The molecule has 2 unspecified atom stereocenters. The van der Waals surface area contributed by atoms with Crippen molar-refractivity contribution in [2.45, 2.75) is 36.4 Å². The van der Waals surface area contributed by atoms with Crippen LogP contribution in [0.4, 0.5) is 14.6 Å². The quantitative estimate of drug-likeness (QED) is 0.483. The van der Waals surface area contributed by atoms with Crippen LogP contribution in [0.25, 0.3) is 22.0 Å². The highest BCUT2D eigenvalue weighted by Crippen LogP contribution is 2.47. The van der Waals surface area contributed by atoms with Crippen LogP contribution < -0.4 is 10.6 Å². The number of carbonyl (C=O) groups is 1. The first-order valence-electron chi connectivity index (χ1n) is 11.4. The average Bonchev–Trinajstić information content (AvgIpc) is 2.86. The van der Waals surface area contributed by atoms with Gasteiger partial charge in [-0.05, 0) is 37.1 Å². The van der Waals surface area contributed by atoms with Gasteiger partial charge < -0.3 is 9.80 Å². The molecule has 2 aromatic carbocycles. The first-order chi connectivity index (χ1) is 16.9. The Balaban J connectivity index is 1.55. The van der Waals surface area contributed by atoms with Gasteiger partial charge in [0.2, 0.25) is 5.91 Å². The van der Waals surface area contributed by atoms with Crippen molar-refractivity contribution < 1.29 is 13.6 Å². The SMILES string of the molecule is C=CC(=O)N1CC2CCC1CN2c1nc(=O)n2c3c(c(-c4ccc(F)cc4F)c(Cl)cc13)SCC2. The highest BCUT2D eigenvalue weighted by molar-refractivity contribution is 7.99. The molecule has 4 aliphatic heterocycles. The van der Waals surface area contributed by atoms with Gasteiger partial charge in [0.25, 0.3) is 0 Å². The van der Waals surface area contributed by atoms with Crippen molar-refractivity contribution in [3.05, 3.63) is 64.1 Å². The molecule has 0 aliphatic carbocycles. The molecule has 3 fully saturated rings. The Kier molecular flexibility index (Phi) is 5.37. The Bertz CT molecular complexity index is 1480. The summed E-state index contributed by atoms with van der Waals surface area (Å²) >= 11 is 8.25. The van der Waals surface area contributed by atoms with Crippen molar-refractivity contribution in [1.82, 2.24) is 14.5 Å². The van der Waals surface area contributed by atoms with E-state index in [1.165, 1.54) is 30.0 Å². The van der Waals surface area contributed by atoms with E-state index in [2.05, 4.69) is 16.5 Å². The van der Waals surface area contributed by atoms with Crippen molar-refractivity contribution in [3.8, 4) is 11.1 Å². The third-order valence-corrected chi connectivity index (χ3v) is 8.54. The second-order valence-electron chi connectivity index (χ2n) is 9.03. The second kappa shape index (κ2) is 8.34. The van der Waals surface area contributed by atoms with Crippen molar-refractivity contribution in [2.75, 3.05) is 23.7 Å². The van der Waals surface area contributed by atoms with Gasteiger partial charge in [-0.2, -0.15) is 4.98 Å². The monoisotopic (exact) mass is 514 g/mol. The van der Waals surface area contributed by atoms with Gasteiger partial charge in [-0.3, -0.25) is 9.36 Å². The van der Waals surface area contributed by atoms with Crippen LogP contribution in [0.5, 0.6) is 0 Å². The maximum atomic E-state index is 14.8. The molecule has 6 nitrogen and oxygen atoms in total. The third kappa shape index (κ3) is 3.47. The molecular formula is C25H21ClF2N4O2S. The summed E-state index contributed by atoms with van der Waals surface area (Å²) in [6.45, 7) is 5.18. The van der Waals surface area contributed by atoms with E-state index >= 15 is 0 Å². The maximum Gasteiger partial charge on any atom is 0.350 e. The van der Waals surface area contributed by atoms with E-state index in [4.69, 9.17) is 11.6 Å². The topological polar surface area (TPSA) is 58.4 Å². The molecule has 3 saturated heterocycles. The van der Waals surface area contributed by atoms with E-state index in [0.717, 1.165) is 24.3 Å². The van der Waals surface area contributed by atoms with Crippen LogP contribution in [0.15, 0.2) is 46.6 Å². The smallest absolute Gasteiger partial charge is 0.349 e. The van der Waals surface area contributed by atoms with Gasteiger partial charge in [-0.15, -0.1) is 11.8 Å². The summed E-state index contributed by atoms with van der Waals surface area (Å²) in [5, 5.41) is 1.03. The number of hydrogen-bond acceptors (Lipinski definition) is 5. The Morgan fingerprint density at radius 2 is 2.00 bits per heavy atom. The van der Waals surface area contributed by atoms with E-state index in [-0.39, 0.29) is 29.2 Å². The lowest BCUT2D eigenvalue weighted by atomic mass is 9.90. The zero-order chi connectivity index (χ0) is 24.4. The minimum atomic E-state index is -0.711. The number of fused-ring (bicyclic) bond motifs is 3. The molecule has 4 aliphatic rings. The number of benzene rings is 2. The molecule has 1 aromatic heterocycles. The number of nitrogens with zero attached hydrogens (tertiary/aromatic N) is 4. The average molecular weight is 515 g/mol. The van der Waals surface area contributed by atoms with Crippen LogP contribution in [0.1, 0.15) is 12.8 Å². The number of rotatable bonds is 3. The molecule has 10 heteroatoms. The number of aryl methyl sites for hydroxylation is 1. The molecule has 180 valence electrons. The Hall–Kier alpha value is -2.91. The van der Waals surface area contributed by atoms with Gasteiger partial charge in [0, 0.05) is 64.9 Å². The molecule has 0 saturated carbocycles. The second-order valence-corrected chi connectivity index (χ2v) is 10.5. The first-order valence-corrected chi connectivity index (χ1v) is 12.8. The van der Waals surface area contributed by atoms with Crippen LogP contribution in [0.2, 0.25) is 5.02 Å². The van der Waals surface area contributed by atoms with E-state index in [9.17, 15) is 18.4 Å². The van der Waals surface area contributed by atoms with E-state index in [1.807, 2.05) is 4.90 Å². The summed E-state index contributed by atoms with van der Waals surface area (Å²) < 4.78 is 30.0. The number of amides is 1. The van der Waals surface area contributed by atoms with Crippen LogP contribution in [0.3, 0.4) is 0 Å². The van der Waals surface area contributed by atoms with E-state index < -0.39 is 11.6 Å². The molecule has 2 bridgehead atoms. The van der Waals surface area contributed by atoms with Crippen LogP contribution in [0, 0.1) is 11.6 Å². The predicted octanol–water partition coefficient (Wildman–Crippen LogP) is 4.47. The summed E-state index contributed by atoms with van der Waals surface area (Å²) in [6.07, 6.45) is 3.10. The fourth-order valence-electron chi connectivity index (χ4n) is 5.59. The maximum absolute atomic E-state index is 14.8. The summed E-state index contributed by atoms with van der Waals surface area (Å²) in [7, 11) is 0. The molecule has 7 rings (SSSR count). The lowest BCUT2D eigenvalue weighted by molar-refractivity contribution is -0.131. The lowest BCUT2D eigenvalue weighted by Gasteiger charge is -2.51. The predicted molar refractivity (Wildman–Crippen MR) is 133 cm³/mol. The third-order valence-electron chi connectivity index (χ3n) is 7.17. The molecule has 0 spiro atoms. The molecule has 35 heavy (non-hydrogen) atoms. The molecule has 2 atom stereocenters. The zero-order valence-corrected chi connectivity index (χ0v) is 20.2. The number of aromatic nitrogens is 2. The normalized spacial score (nSPS) is 21.0. The summed E-state index contributed by atoms with van der Waals surface area (Å²) in [5.41, 5.74) is 0.937. The van der Waals surface area contributed by atoms with Crippen molar-refractivity contribution in [3.63, 3.8) is 0 Å². The molecule has 3 aromatic rings. The summed E-state index contributed by atoms with van der Waals surface area (Å²) in [4.78, 5) is 34.6. The zero-order valence-electron chi connectivity index (χ0n) is 18.6. The summed E-state index contributed by atoms with van der Waals surface area (Å²) in [5.74, 6) is -0.325. The van der Waals surface area contributed by atoms with Crippen LogP contribution >= 0.6 is 23.4 Å². The molecular weight excluding hydrogens is 494 g/mol. The number of thioether (sulfide) groups is 1. The minimum Gasteiger partial charge on any atom is -0.349 e. The number of carbonyl (C=O) groups excluding carboxylic acids is 1. The van der Waals surface area contributed by atoms with Gasteiger partial charge in [-0.1, -0.05) is 18.2 Å². The largest absolute Gasteiger partial charge is 0.350 e. The molecule has 1 amide bonds. The Morgan fingerprint density at radius 1 is 1.20 bits per heavy atom. The van der Waals surface area contributed by atoms with Crippen molar-refractivity contribution >= 4 is 46.0 Å². The van der Waals surface area contributed by atoms with E-state index in [1.54, 1.807) is 10.6 Å². The number of hydrogen-bond donors (Lipinski definition) is 0. The number of piperazine rings is 1. The Morgan fingerprint density at radius 3 is 2.71 bits per heavy atom. The van der Waals surface area contributed by atoms with Gasteiger partial charge >= 0.3 is 5.69 Å². The highest BCUT2D eigenvalue weighted by Gasteiger charge is 2.42. The fourth-order valence-corrected chi connectivity index (χ4v) is 7.15. The molecule has 5 heterocycles. The molecule has 0 N–H and O–H groups in total. The van der Waals surface area contributed by atoms with Gasteiger partial charge in [-0.25, -0.2) is 13.6 Å². The number of piperidine rings is 2. The molecule has 0 radical (unpaired) electrons. The lowest BCUT2D eigenvalue weighted by Crippen LogP contribution is -2.64. The van der Waals surface area contributed by atoms with E-state index in [0.29, 0.717) is 52.2 Å². The first kappa shape index (κ1) is 22.5. The van der Waals surface area contributed by atoms with Crippen molar-refractivity contribution in [2.24, 2.45) is 0 Å². The van der Waals surface area contributed by atoms with Crippen LogP contribution in [-0.2, 0) is 11.3 Å².